The van der Waals surface area contributed by atoms with Gasteiger partial charge in [0.15, 0.2) is 0 Å². The average molecular weight is 366 g/mol. The molecule has 0 spiro atoms. The Bertz CT molecular complexity index is 811. The van der Waals surface area contributed by atoms with Crippen LogP contribution in [0.15, 0.2) is 48.5 Å². The van der Waals surface area contributed by atoms with Gasteiger partial charge in [0, 0.05) is 25.8 Å². The summed E-state index contributed by atoms with van der Waals surface area (Å²) in [7, 11) is 1.65. The number of fused-ring (bicyclic) bond motifs is 1. The molecule has 3 amide bonds. The molecule has 1 N–H and O–H groups in total. The largest absolute Gasteiger partial charge is 0.385 e. The molecular formula is C21H22N2O4. The normalized spacial score (nSPS) is 13.0. The van der Waals surface area contributed by atoms with Crippen LogP contribution in [-0.2, 0) is 11.3 Å². The van der Waals surface area contributed by atoms with Crippen molar-refractivity contribution in [2.75, 3.05) is 20.3 Å². The molecule has 6 nitrogen and oxygen atoms in total. The predicted octanol–water partition coefficient (Wildman–Crippen LogP) is 2.64. The summed E-state index contributed by atoms with van der Waals surface area (Å²) in [6.45, 7) is 1.46. The number of carbonyl (C=O) groups is 3. The van der Waals surface area contributed by atoms with Gasteiger partial charge in [-0.1, -0.05) is 24.3 Å². The van der Waals surface area contributed by atoms with Gasteiger partial charge < -0.3 is 10.1 Å². The first-order valence-electron chi connectivity index (χ1n) is 8.93. The second kappa shape index (κ2) is 8.60. The van der Waals surface area contributed by atoms with Crippen LogP contribution in [0.25, 0.3) is 0 Å². The molecule has 0 saturated heterocycles. The maximum atomic E-state index is 12.4. The van der Waals surface area contributed by atoms with Gasteiger partial charge in [-0.05, 0) is 42.7 Å². The number of imide groups is 1. The molecule has 1 aliphatic heterocycles. The van der Waals surface area contributed by atoms with E-state index in [9.17, 15) is 14.4 Å². The minimum absolute atomic E-state index is 0.139. The minimum atomic E-state index is -0.284. The molecule has 27 heavy (non-hydrogen) atoms. The molecule has 6 heteroatoms. The molecule has 1 heterocycles. The maximum Gasteiger partial charge on any atom is 0.261 e. The van der Waals surface area contributed by atoms with Crippen LogP contribution in [0.3, 0.4) is 0 Å². The highest BCUT2D eigenvalue weighted by molar-refractivity contribution is 6.21. The van der Waals surface area contributed by atoms with Crippen molar-refractivity contribution in [3.05, 3.63) is 70.8 Å². The number of amides is 3. The number of methoxy groups -OCH3 is 1. The number of carbonyl (C=O) groups excluding carboxylic acids is 3. The Hall–Kier alpha value is -2.99. The second-order valence-electron chi connectivity index (χ2n) is 6.39. The number of ether oxygens (including phenoxy) is 1. The lowest BCUT2D eigenvalue weighted by Gasteiger charge is -2.14. The van der Waals surface area contributed by atoms with Crippen LogP contribution in [0.4, 0.5) is 0 Å². The van der Waals surface area contributed by atoms with Crippen LogP contribution >= 0.6 is 0 Å². The summed E-state index contributed by atoms with van der Waals surface area (Å²) in [5.74, 6) is -0.707. The van der Waals surface area contributed by atoms with E-state index in [0.717, 1.165) is 18.4 Å². The molecule has 0 atom stereocenters. The van der Waals surface area contributed by atoms with Crippen LogP contribution in [0.5, 0.6) is 0 Å². The number of benzene rings is 2. The van der Waals surface area contributed by atoms with Crippen LogP contribution in [0.1, 0.15) is 49.5 Å². The third kappa shape index (κ3) is 4.23. The van der Waals surface area contributed by atoms with Gasteiger partial charge in [0.2, 0.25) is 0 Å². The van der Waals surface area contributed by atoms with Gasteiger partial charge in [-0.3, -0.25) is 19.3 Å². The zero-order valence-electron chi connectivity index (χ0n) is 15.2. The molecule has 0 bridgehead atoms. The average Bonchev–Trinajstić information content (AvgIpc) is 2.93. The first-order chi connectivity index (χ1) is 13.1. The molecule has 0 fully saturated rings. The van der Waals surface area contributed by atoms with E-state index in [2.05, 4.69) is 5.32 Å². The molecular weight excluding hydrogens is 344 g/mol. The molecule has 0 radical (unpaired) electrons. The lowest BCUT2D eigenvalue weighted by Crippen LogP contribution is -2.29. The molecule has 0 unspecified atom stereocenters. The van der Waals surface area contributed by atoms with Gasteiger partial charge in [-0.2, -0.15) is 0 Å². The van der Waals surface area contributed by atoms with Gasteiger partial charge in [0.05, 0.1) is 17.7 Å². The van der Waals surface area contributed by atoms with Gasteiger partial charge in [-0.15, -0.1) is 0 Å². The summed E-state index contributed by atoms with van der Waals surface area (Å²) in [5, 5.41) is 2.86. The molecule has 140 valence electrons. The van der Waals surface area contributed by atoms with E-state index in [1.54, 1.807) is 55.6 Å². The van der Waals surface area contributed by atoms with Crippen molar-refractivity contribution in [2.24, 2.45) is 0 Å². The van der Waals surface area contributed by atoms with Crippen molar-refractivity contribution >= 4 is 17.7 Å². The molecule has 0 aromatic heterocycles. The Balaban J connectivity index is 1.58. The second-order valence-corrected chi connectivity index (χ2v) is 6.39. The van der Waals surface area contributed by atoms with Gasteiger partial charge in [0.1, 0.15) is 0 Å². The third-order valence-electron chi connectivity index (χ3n) is 4.50. The first-order valence-corrected chi connectivity index (χ1v) is 8.93. The van der Waals surface area contributed by atoms with E-state index in [4.69, 9.17) is 4.74 Å². The Morgan fingerprint density at radius 2 is 1.59 bits per heavy atom. The Labute approximate surface area is 158 Å². The topological polar surface area (TPSA) is 75.7 Å². The fourth-order valence-electron chi connectivity index (χ4n) is 3.00. The summed E-state index contributed by atoms with van der Waals surface area (Å²) in [6, 6.07) is 13.8. The fourth-order valence-corrected chi connectivity index (χ4v) is 3.00. The lowest BCUT2D eigenvalue weighted by atomic mass is 10.1. The standard InChI is InChI=1S/C21H22N2O4/c1-27-13-5-4-12-22-19(24)16-10-8-15(9-11-16)14-23-20(25)17-6-2-3-7-18(17)21(23)26/h2-3,6-11H,4-5,12-14H2,1H3,(H,22,24). The number of nitrogens with one attached hydrogen (secondary N) is 1. The van der Waals surface area contributed by atoms with Crippen LogP contribution < -0.4 is 5.32 Å². The summed E-state index contributed by atoms with van der Waals surface area (Å²) >= 11 is 0. The van der Waals surface area contributed by atoms with Crippen molar-refractivity contribution in [3.63, 3.8) is 0 Å². The number of nitrogens with zero attached hydrogens (tertiary/aromatic N) is 1. The Kier molecular flexibility index (Phi) is 5.98. The summed E-state index contributed by atoms with van der Waals surface area (Å²) in [6.07, 6.45) is 1.76. The highest BCUT2D eigenvalue weighted by Gasteiger charge is 2.34. The zero-order valence-corrected chi connectivity index (χ0v) is 15.2. The molecule has 2 aromatic carbocycles. The van der Waals surface area contributed by atoms with E-state index in [1.807, 2.05) is 0 Å². The highest BCUT2D eigenvalue weighted by Crippen LogP contribution is 2.24. The van der Waals surface area contributed by atoms with E-state index >= 15 is 0 Å². The minimum Gasteiger partial charge on any atom is -0.385 e. The molecule has 1 aliphatic rings. The molecule has 0 saturated carbocycles. The zero-order chi connectivity index (χ0) is 19.2. The van der Waals surface area contributed by atoms with Gasteiger partial charge >= 0.3 is 0 Å². The molecule has 3 rings (SSSR count). The summed E-state index contributed by atoms with van der Waals surface area (Å²) in [5.41, 5.74) is 2.22. The summed E-state index contributed by atoms with van der Waals surface area (Å²) in [4.78, 5) is 38.2. The van der Waals surface area contributed by atoms with E-state index in [1.165, 1.54) is 4.90 Å². The van der Waals surface area contributed by atoms with E-state index in [0.29, 0.717) is 29.8 Å². The summed E-state index contributed by atoms with van der Waals surface area (Å²) < 4.78 is 4.97. The number of hydrogen-bond acceptors (Lipinski definition) is 4. The molecule has 2 aromatic rings. The van der Waals surface area contributed by atoms with Crippen LogP contribution in [0, 0.1) is 0 Å². The number of rotatable bonds is 8. The van der Waals surface area contributed by atoms with Gasteiger partial charge in [0.25, 0.3) is 17.7 Å². The fraction of sp³-hybridized carbons (Fsp3) is 0.286. The Morgan fingerprint density at radius 1 is 0.963 bits per heavy atom. The van der Waals surface area contributed by atoms with E-state index in [-0.39, 0.29) is 24.3 Å². The third-order valence-corrected chi connectivity index (χ3v) is 4.50. The van der Waals surface area contributed by atoms with Gasteiger partial charge in [-0.25, -0.2) is 0 Å². The van der Waals surface area contributed by atoms with E-state index < -0.39 is 0 Å². The van der Waals surface area contributed by atoms with Crippen molar-refractivity contribution in [2.45, 2.75) is 19.4 Å². The quantitative estimate of drug-likeness (QED) is 0.576. The highest BCUT2D eigenvalue weighted by atomic mass is 16.5. The van der Waals surface area contributed by atoms with Crippen molar-refractivity contribution < 1.29 is 19.1 Å². The van der Waals surface area contributed by atoms with Crippen LogP contribution in [-0.4, -0.2) is 42.9 Å². The maximum absolute atomic E-state index is 12.4. The number of unbranched alkanes of at least 4 members (excludes halogenated alkanes) is 1. The lowest BCUT2D eigenvalue weighted by molar-refractivity contribution is 0.0641. The van der Waals surface area contributed by atoms with Crippen molar-refractivity contribution in [1.82, 2.24) is 10.2 Å². The number of hydrogen-bond donors (Lipinski definition) is 1. The monoisotopic (exact) mass is 366 g/mol. The molecule has 0 aliphatic carbocycles. The predicted molar refractivity (Wildman–Crippen MR) is 101 cm³/mol. The smallest absolute Gasteiger partial charge is 0.261 e. The van der Waals surface area contributed by atoms with Crippen LogP contribution in [0.2, 0.25) is 0 Å². The SMILES string of the molecule is COCCCCNC(=O)c1ccc(CN2C(=O)c3ccccc3C2=O)cc1. The van der Waals surface area contributed by atoms with Crippen molar-refractivity contribution in [1.29, 1.82) is 0 Å². The first kappa shape index (κ1) is 18.8. The Morgan fingerprint density at radius 3 is 2.19 bits per heavy atom. The van der Waals surface area contributed by atoms with Crippen molar-refractivity contribution in [3.8, 4) is 0 Å².